The van der Waals surface area contributed by atoms with Crippen LogP contribution >= 0.6 is 0 Å². The van der Waals surface area contributed by atoms with Crippen LogP contribution in [0.5, 0.6) is 5.75 Å². The van der Waals surface area contributed by atoms with Crippen LogP contribution in [0.3, 0.4) is 0 Å². The summed E-state index contributed by atoms with van der Waals surface area (Å²) < 4.78 is 23.8. The third kappa shape index (κ3) is 2.76. The number of ether oxygens (including phenoxy) is 2. The smallest absolute Gasteiger partial charge is 0.123 e. The van der Waals surface area contributed by atoms with Crippen LogP contribution in [0.25, 0.3) is 0 Å². The van der Waals surface area contributed by atoms with E-state index in [0.717, 1.165) is 31.6 Å². The first-order valence-corrected chi connectivity index (χ1v) is 5.89. The minimum absolute atomic E-state index is 0.190. The fraction of sp³-hybridized carbons (Fsp3) is 0.538. The third-order valence-electron chi connectivity index (χ3n) is 3.32. The highest BCUT2D eigenvalue weighted by Crippen LogP contribution is 2.33. The molecule has 4 heteroatoms. The largest absolute Gasteiger partial charge is 0.496 e. The second kappa shape index (κ2) is 5.47. The Hall–Kier alpha value is -1.13. The molecule has 1 saturated heterocycles. The first-order chi connectivity index (χ1) is 8.22. The van der Waals surface area contributed by atoms with E-state index in [-0.39, 0.29) is 11.9 Å². The highest BCUT2D eigenvalue weighted by Gasteiger charge is 2.24. The monoisotopic (exact) mass is 239 g/mol. The number of hydrogen-bond donors (Lipinski definition) is 1. The van der Waals surface area contributed by atoms with Gasteiger partial charge in [-0.05, 0) is 37.0 Å². The van der Waals surface area contributed by atoms with Crippen LogP contribution < -0.4 is 10.5 Å². The van der Waals surface area contributed by atoms with E-state index in [4.69, 9.17) is 15.2 Å². The van der Waals surface area contributed by atoms with E-state index in [1.165, 1.54) is 12.1 Å². The van der Waals surface area contributed by atoms with Gasteiger partial charge in [0.1, 0.15) is 11.6 Å². The van der Waals surface area contributed by atoms with Crippen molar-refractivity contribution in [2.45, 2.75) is 18.9 Å². The molecule has 1 aromatic carbocycles. The first kappa shape index (κ1) is 12.3. The van der Waals surface area contributed by atoms with Crippen LogP contribution in [-0.4, -0.2) is 20.3 Å². The molecule has 94 valence electrons. The molecule has 0 radical (unpaired) electrons. The van der Waals surface area contributed by atoms with Gasteiger partial charge in [0.25, 0.3) is 0 Å². The standard InChI is InChI=1S/C13H18FNO2/c1-16-12-3-2-10(14)8-11(12)13(15)9-4-6-17-7-5-9/h2-3,8-9,13H,4-7,15H2,1H3. The minimum Gasteiger partial charge on any atom is -0.496 e. The lowest BCUT2D eigenvalue weighted by Gasteiger charge is -2.28. The van der Waals surface area contributed by atoms with Gasteiger partial charge in [-0.2, -0.15) is 0 Å². The molecule has 1 aromatic rings. The molecule has 1 atom stereocenters. The average molecular weight is 239 g/mol. The molecule has 0 aliphatic carbocycles. The van der Waals surface area contributed by atoms with Crippen molar-refractivity contribution < 1.29 is 13.9 Å². The number of rotatable bonds is 3. The van der Waals surface area contributed by atoms with Crippen LogP contribution in [0.1, 0.15) is 24.4 Å². The Kier molecular flexibility index (Phi) is 3.97. The summed E-state index contributed by atoms with van der Waals surface area (Å²) >= 11 is 0. The molecule has 2 N–H and O–H groups in total. The van der Waals surface area contributed by atoms with Crippen LogP contribution in [0.15, 0.2) is 18.2 Å². The van der Waals surface area contributed by atoms with E-state index < -0.39 is 0 Å². The summed E-state index contributed by atoms with van der Waals surface area (Å²) in [5.41, 5.74) is 6.96. The highest BCUT2D eigenvalue weighted by molar-refractivity contribution is 5.36. The van der Waals surface area contributed by atoms with Crippen molar-refractivity contribution >= 4 is 0 Å². The minimum atomic E-state index is -0.275. The Morgan fingerprint density at radius 3 is 2.76 bits per heavy atom. The quantitative estimate of drug-likeness (QED) is 0.880. The normalized spacial score (nSPS) is 19.0. The summed E-state index contributed by atoms with van der Waals surface area (Å²) in [4.78, 5) is 0. The SMILES string of the molecule is COc1ccc(F)cc1C(N)C1CCOCC1. The zero-order chi connectivity index (χ0) is 12.3. The van der Waals surface area contributed by atoms with E-state index in [1.54, 1.807) is 13.2 Å². The molecule has 1 aliphatic heterocycles. The van der Waals surface area contributed by atoms with Gasteiger partial charge in [-0.1, -0.05) is 0 Å². The zero-order valence-electron chi connectivity index (χ0n) is 9.99. The van der Waals surface area contributed by atoms with Gasteiger partial charge in [-0.3, -0.25) is 0 Å². The average Bonchev–Trinajstić information content (AvgIpc) is 2.39. The number of methoxy groups -OCH3 is 1. The fourth-order valence-electron chi connectivity index (χ4n) is 2.29. The second-order valence-electron chi connectivity index (χ2n) is 4.36. The molecule has 0 spiro atoms. The van der Waals surface area contributed by atoms with Crippen molar-refractivity contribution in [1.82, 2.24) is 0 Å². The molecule has 0 saturated carbocycles. The summed E-state index contributed by atoms with van der Waals surface area (Å²) in [6, 6.07) is 4.30. The van der Waals surface area contributed by atoms with Crippen LogP contribution in [0, 0.1) is 11.7 Å². The van der Waals surface area contributed by atoms with Crippen molar-refractivity contribution in [3.05, 3.63) is 29.6 Å². The highest BCUT2D eigenvalue weighted by atomic mass is 19.1. The molecule has 0 amide bonds. The summed E-state index contributed by atoms with van der Waals surface area (Å²) in [5.74, 6) is 0.716. The van der Waals surface area contributed by atoms with Gasteiger partial charge in [0, 0.05) is 24.8 Å². The van der Waals surface area contributed by atoms with Gasteiger partial charge in [0.05, 0.1) is 7.11 Å². The predicted octanol–water partition coefficient (Wildman–Crippen LogP) is 2.26. The van der Waals surface area contributed by atoms with E-state index in [2.05, 4.69) is 0 Å². The first-order valence-electron chi connectivity index (χ1n) is 5.89. The Morgan fingerprint density at radius 2 is 2.12 bits per heavy atom. The maximum Gasteiger partial charge on any atom is 0.123 e. The molecule has 0 bridgehead atoms. The third-order valence-corrected chi connectivity index (χ3v) is 3.32. The number of halogens is 1. The van der Waals surface area contributed by atoms with Crippen molar-refractivity contribution in [3.8, 4) is 5.75 Å². The van der Waals surface area contributed by atoms with Crippen molar-refractivity contribution in [1.29, 1.82) is 0 Å². The van der Waals surface area contributed by atoms with Gasteiger partial charge in [0.15, 0.2) is 0 Å². The lowest BCUT2D eigenvalue weighted by molar-refractivity contribution is 0.0581. The Bertz CT molecular complexity index is 378. The Labute approximate surface area is 101 Å². The van der Waals surface area contributed by atoms with Gasteiger partial charge >= 0.3 is 0 Å². The molecular formula is C13H18FNO2. The fourth-order valence-corrected chi connectivity index (χ4v) is 2.29. The molecular weight excluding hydrogens is 221 g/mol. The summed E-state index contributed by atoms with van der Waals surface area (Å²) in [5, 5.41) is 0. The molecule has 17 heavy (non-hydrogen) atoms. The topological polar surface area (TPSA) is 44.5 Å². The van der Waals surface area contributed by atoms with E-state index in [1.807, 2.05) is 0 Å². The van der Waals surface area contributed by atoms with Crippen LogP contribution in [-0.2, 0) is 4.74 Å². The lowest BCUT2D eigenvalue weighted by atomic mass is 9.87. The number of benzene rings is 1. The molecule has 1 unspecified atom stereocenters. The predicted molar refractivity (Wildman–Crippen MR) is 63.4 cm³/mol. The van der Waals surface area contributed by atoms with Gasteiger partial charge in [-0.15, -0.1) is 0 Å². The molecule has 2 rings (SSSR count). The Morgan fingerprint density at radius 1 is 1.41 bits per heavy atom. The second-order valence-corrected chi connectivity index (χ2v) is 4.36. The maximum absolute atomic E-state index is 13.3. The molecule has 1 aliphatic rings. The number of nitrogens with two attached hydrogens (primary N) is 1. The van der Waals surface area contributed by atoms with Crippen molar-refractivity contribution in [3.63, 3.8) is 0 Å². The van der Waals surface area contributed by atoms with Crippen molar-refractivity contribution in [2.24, 2.45) is 11.7 Å². The van der Waals surface area contributed by atoms with Gasteiger partial charge < -0.3 is 15.2 Å². The molecule has 0 aromatic heterocycles. The maximum atomic E-state index is 13.3. The zero-order valence-corrected chi connectivity index (χ0v) is 9.99. The van der Waals surface area contributed by atoms with Gasteiger partial charge in [0.2, 0.25) is 0 Å². The lowest BCUT2D eigenvalue weighted by Crippen LogP contribution is -2.27. The summed E-state index contributed by atoms with van der Waals surface area (Å²) in [6.45, 7) is 1.46. The summed E-state index contributed by atoms with van der Waals surface area (Å²) in [7, 11) is 1.58. The van der Waals surface area contributed by atoms with Crippen molar-refractivity contribution in [2.75, 3.05) is 20.3 Å². The molecule has 3 nitrogen and oxygen atoms in total. The van der Waals surface area contributed by atoms with E-state index in [0.29, 0.717) is 11.7 Å². The van der Waals surface area contributed by atoms with Crippen LogP contribution in [0.4, 0.5) is 4.39 Å². The van der Waals surface area contributed by atoms with E-state index in [9.17, 15) is 4.39 Å². The number of hydrogen-bond acceptors (Lipinski definition) is 3. The summed E-state index contributed by atoms with van der Waals surface area (Å²) in [6.07, 6.45) is 1.83. The molecule has 1 heterocycles. The van der Waals surface area contributed by atoms with E-state index >= 15 is 0 Å². The van der Waals surface area contributed by atoms with Crippen LogP contribution in [0.2, 0.25) is 0 Å². The molecule has 1 fully saturated rings. The van der Waals surface area contributed by atoms with Gasteiger partial charge in [-0.25, -0.2) is 4.39 Å². The Balaban J connectivity index is 2.21.